The van der Waals surface area contributed by atoms with Crippen LogP contribution in [0.3, 0.4) is 0 Å². The zero-order valence-corrected chi connectivity index (χ0v) is 7.29. The fourth-order valence-electron chi connectivity index (χ4n) is 0.867. The number of nitrogens with two attached hydrogens (primary N) is 1. The van der Waals surface area contributed by atoms with E-state index in [2.05, 4.69) is 0 Å². The highest BCUT2D eigenvalue weighted by atomic mass is 16.3. The Morgan fingerprint density at radius 2 is 2.42 bits per heavy atom. The summed E-state index contributed by atoms with van der Waals surface area (Å²) in [6.07, 6.45) is 1.64. The highest BCUT2D eigenvalue weighted by Crippen LogP contribution is 2.10. The highest BCUT2D eigenvalue weighted by Gasteiger charge is 2.06. The number of rotatable bonds is 2. The molecule has 1 aromatic heterocycles. The third-order valence-corrected chi connectivity index (χ3v) is 1.76. The third kappa shape index (κ3) is 1.78. The average Bonchev–Trinajstić information content (AvgIpc) is 2.36. The standard InChI is InChI=1S/C8H13N3O/c1-6-3-4-12-7(6)5-11(2)8(9)10/h3-4H,5H2,1-2H3,(H3,9,10). The first-order valence-corrected chi connectivity index (χ1v) is 3.69. The van der Waals surface area contributed by atoms with Gasteiger partial charge in [0.2, 0.25) is 0 Å². The highest BCUT2D eigenvalue weighted by molar-refractivity contribution is 5.74. The molecule has 12 heavy (non-hydrogen) atoms. The van der Waals surface area contributed by atoms with Crippen molar-refractivity contribution >= 4 is 5.96 Å². The minimum absolute atomic E-state index is 0.0470. The van der Waals surface area contributed by atoms with Crippen molar-refractivity contribution in [2.45, 2.75) is 13.5 Å². The molecule has 0 atom stereocenters. The lowest BCUT2D eigenvalue weighted by Crippen LogP contribution is -2.32. The molecule has 0 saturated carbocycles. The van der Waals surface area contributed by atoms with E-state index < -0.39 is 0 Å². The Kier molecular flexibility index (Phi) is 2.38. The minimum atomic E-state index is 0.0470. The van der Waals surface area contributed by atoms with E-state index in [1.54, 1.807) is 18.2 Å². The summed E-state index contributed by atoms with van der Waals surface area (Å²) in [7, 11) is 1.75. The Bertz CT molecular complexity index is 280. The topological polar surface area (TPSA) is 66.2 Å². The Hall–Kier alpha value is -1.45. The van der Waals surface area contributed by atoms with Crippen LogP contribution in [0.1, 0.15) is 11.3 Å². The first-order chi connectivity index (χ1) is 5.61. The van der Waals surface area contributed by atoms with E-state index in [4.69, 9.17) is 15.6 Å². The molecule has 4 nitrogen and oxygen atoms in total. The van der Waals surface area contributed by atoms with E-state index in [-0.39, 0.29) is 5.96 Å². The smallest absolute Gasteiger partial charge is 0.188 e. The summed E-state index contributed by atoms with van der Waals surface area (Å²) in [4.78, 5) is 1.62. The largest absolute Gasteiger partial charge is 0.467 e. The number of nitrogens with zero attached hydrogens (tertiary/aromatic N) is 1. The first kappa shape index (κ1) is 8.64. The summed E-state index contributed by atoms with van der Waals surface area (Å²) >= 11 is 0. The lowest BCUT2D eigenvalue weighted by molar-refractivity contribution is 0.404. The molecule has 0 aliphatic carbocycles. The van der Waals surface area contributed by atoms with Crippen molar-refractivity contribution in [3.05, 3.63) is 23.7 Å². The summed E-state index contributed by atoms with van der Waals surface area (Å²) < 4.78 is 5.19. The van der Waals surface area contributed by atoms with Gasteiger partial charge in [-0.2, -0.15) is 0 Å². The monoisotopic (exact) mass is 167 g/mol. The maximum absolute atomic E-state index is 7.14. The van der Waals surface area contributed by atoms with Crippen molar-refractivity contribution in [3.63, 3.8) is 0 Å². The molecule has 1 rings (SSSR count). The van der Waals surface area contributed by atoms with Crippen LogP contribution in [-0.4, -0.2) is 17.9 Å². The Labute approximate surface area is 71.5 Å². The average molecular weight is 167 g/mol. The van der Waals surface area contributed by atoms with Crippen molar-refractivity contribution in [2.75, 3.05) is 7.05 Å². The molecule has 4 heteroatoms. The van der Waals surface area contributed by atoms with E-state index in [0.717, 1.165) is 11.3 Å². The second-order valence-corrected chi connectivity index (χ2v) is 2.77. The van der Waals surface area contributed by atoms with Gasteiger partial charge in [0.25, 0.3) is 0 Å². The van der Waals surface area contributed by atoms with E-state index in [1.165, 1.54) is 0 Å². The minimum Gasteiger partial charge on any atom is -0.467 e. The fourth-order valence-corrected chi connectivity index (χ4v) is 0.867. The van der Waals surface area contributed by atoms with E-state index in [1.807, 2.05) is 13.0 Å². The molecule has 1 aromatic rings. The number of furan rings is 1. The van der Waals surface area contributed by atoms with Gasteiger partial charge in [0, 0.05) is 7.05 Å². The molecule has 0 fully saturated rings. The molecular weight excluding hydrogens is 154 g/mol. The zero-order valence-electron chi connectivity index (χ0n) is 7.29. The predicted molar refractivity (Wildman–Crippen MR) is 46.8 cm³/mol. The Morgan fingerprint density at radius 3 is 2.83 bits per heavy atom. The summed E-state index contributed by atoms with van der Waals surface area (Å²) in [6, 6.07) is 1.89. The van der Waals surface area contributed by atoms with Crippen LogP contribution in [0, 0.1) is 12.3 Å². The molecule has 0 aromatic carbocycles. The molecule has 0 aliphatic rings. The first-order valence-electron chi connectivity index (χ1n) is 3.69. The molecule has 0 spiro atoms. The number of guanidine groups is 1. The second-order valence-electron chi connectivity index (χ2n) is 2.77. The normalized spacial score (nSPS) is 9.83. The van der Waals surface area contributed by atoms with Crippen LogP contribution in [0.4, 0.5) is 0 Å². The lowest BCUT2D eigenvalue weighted by Gasteiger charge is -2.14. The molecule has 0 unspecified atom stereocenters. The molecule has 0 saturated heterocycles. The number of nitrogens with one attached hydrogen (secondary N) is 1. The van der Waals surface area contributed by atoms with Crippen LogP contribution >= 0.6 is 0 Å². The van der Waals surface area contributed by atoms with Crippen molar-refractivity contribution in [3.8, 4) is 0 Å². The fraction of sp³-hybridized carbons (Fsp3) is 0.375. The zero-order chi connectivity index (χ0) is 9.14. The molecule has 0 aliphatic heterocycles. The van der Waals surface area contributed by atoms with E-state index in [9.17, 15) is 0 Å². The van der Waals surface area contributed by atoms with Crippen LogP contribution in [-0.2, 0) is 6.54 Å². The van der Waals surface area contributed by atoms with Gasteiger partial charge in [0.15, 0.2) is 5.96 Å². The quantitative estimate of drug-likeness (QED) is 0.508. The van der Waals surface area contributed by atoms with Gasteiger partial charge in [-0.05, 0) is 18.6 Å². The maximum atomic E-state index is 7.14. The second kappa shape index (κ2) is 3.30. The van der Waals surface area contributed by atoms with Crippen LogP contribution in [0.5, 0.6) is 0 Å². The SMILES string of the molecule is Cc1ccoc1CN(C)C(=N)N. The van der Waals surface area contributed by atoms with Crippen LogP contribution < -0.4 is 5.73 Å². The number of aryl methyl sites for hydroxylation is 1. The maximum Gasteiger partial charge on any atom is 0.188 e. The van der Waals surface area contributed by atoms with Crippen LogP contribution in [0.15, 0.2) is 16.7 Å². The van der Waals surface area contributed by atoms with Gasteiger partial charge in [-0.15, -0.1) is 0 Å². The van der Waals surface area contributed by atoms with Gasteiger partial charge in [-0.1, -0.05) is 0 Å². The van der Waals surface area contributed by atoms with Gasteiger partial charge in [-0.25, -0.2) is 0 Å². The van der Waals surface area contributed by atoms with Crippen LogP contribution in [0.25, 0.3) is 0 Å². The van der Waals surface area contributed by atoms with Crippen LogP contribution in [0.2, 0.25) is 0 Å². The van der Waals surface area contributed by atoms with Gasteiger partial charge in [0.1, 0.15) is 5.76 Å². The van der Waals surface area contributed by atoms with Crippen molar-refractivity contribution in [1.29, 1.82) is 5.41 Å². The molecule has 66 valence electrons. The molecule has 3 N–H and O–H groups in total. The molecule has 0 radical (unpaired) electrons. The van der Waals surface area contributed by atoms with Crippen molar-refractivity contribution < 1.29 is 4.42 Å². The lowest BCUT2D eigenvalue weighted by atomic mass is 10.3. The third-order valence-electron chi connectivity index (χ3n) is 1.76. The Morgan fingerprint density at radius 1 is 1.75 bits per heavy atom. The Balaban J connectivity index is 2.64. The predicted octanol–water partition coefficient (Wildman–Crippen LogP) is 0.913. The summed E-state index contributed by atoms with van der Waals surface area (Å²) in [6.45, 7) is 2.51. The van der Waals surface area contributed by atoms with Crippen molar-refractivity contribution in [2.24, 2.45) is 5.73 Å². The summed E-state index contributed by atoms with van der Waals surface area (Å²) in [5.41, 5.74) is 6.36. The number of hydrogen-bond acceptors (Lipinski definition) is 2. The van der Waals surface area contributed by atoms with E-state index >= 15 is 0 Å². The van der Waals surface area contributed by atoms with Gasteiger partial charge >= 0.3 is 0 Å². The van der Waals surface area contributed by atoms with Gasteiger partial charge < -0.3 is 15.1 Å². The molecular formula is C8H13N3O. The summed E-state index contributed by atoms with van der Waals surface area (Å²) in [5, 5.41) is 7.14. The van der Waals surface area contributed by atoms with Gasteiger partial charge in [0.05, 0.1) is 12.8 Å². The summed E-state index contributed by atoms with van der Waals surface area (Å²) in [5.74, 6) is 0.901. The molecule has 0 amide bonds. The number of hydrogen-bond donors (Lipinski definition) is 2. The molecule has 0 bridgehead atoms. The molecule has 1 heterocycles. The van der Waals surface area contributed by atoms with E-state index in [0.29, 0.717) is 6.54 Å². The van der Waals surface area contributed by atoms with Gasteiger partial charge in [-0.3, -0.25) is 5.41 Å². The van der Waals surface area contributed by atoms with Crippen molar-refractivity contribution in [1.82, 2.24) is 4.90 Å².